The van der Waals surface area contributed by atoms with E-state index in [1.807, 2.05) is 49.4 Å². The SMILES string of the molecule is CCCOc1ccc(NC(=O)C[C@H]2SC(=Nc3ccccc3)NC2=O)cc1. The molecule has 2 aromatic rings. The fourth-order valence-electron chi connectivity index (χ4n) is 2.45. The van der Waals surface area contributed by atoms with E-state index in [0.29, 0.717) is 17.5 Å². The van der Waals surface area contributed by atoms with Crippen LogP contribution in [0, 0.1) is 0 Å². The summed E-state index contributed by atoms with van der Waals surface area (Å²) in [7, 11) is 0. The second kappa shape index (κ2) is 9.23. The van der Waals surface area contributed by atoms with Crippen LogP contribution in [0.3, 0.4) is 0 Å². The van der Waals surface area contributed by atoms with Gasteiger partial charge in [-0.25, -0.2) is 4.99 Å². The second-order valence-electron chi connectivity index (χ2n) is 5.97. The van der Waals surface area contributed by atoms with Crippen LogP contribution >= 0.6 is 11.8 Å². The van der Waals surface area contributed by atoms with Crippen LogP contribution in [0.4, 0.5) is 11.4 Å². The molecule has 1 aliphatic rings. The number of anilines is 1. The van der Waals surface area contributed by atoms with Gasteiger partial charge in [-0.15, -0.1) is 0 Å². The number of rotatable bonds is 7. The van der Waals surface area contributed by atoms with Crippen LogP contribution < -0.4 is 15.4 Å². The van der Waals surface area contributed by atoms with Gasteiger partial charge in [0, 0.05) is 12.1 Å². The zero-order valence-corrected chi connectivity index (χ0v) is 15.8. The summed E-state index contributed by atoms with van der Waals surface area (Å²) < 4.78 is 5.52. The lowest BCUT2D eigenvalue weighted by atomic mass is 10.2. The molecular weight excluding hydrogens is 362 g/mol. The lowest BCUT2D eigenvalue weighted by molar-refractivity contribution is -0.122. The van der Waals surface area contributed by atoms with E-state index < -0.39 is 5.25 Å². The van der Waals surface area contributed by atoms with Crippen molar-refractivity contribution in [1.82, 2.24) is 5.32 Å². The van der Waals surface area contributed by atoms with Crippen LogP contribution in [0.1, 0.15) is 19.8 Å². The molecule has 1 heterocycles. The van der Waals surface area contributed by atoms with Crippen LogP contribution in [-0.2, 0) is 9.59 Å². The Bertz CT molecular complexity index is 822. The van der Waals surface area contributed by atoms with E-state index in [9.17, 15) is 9.59 Å². The Labute approximate surface area is 162 Å². The molecule has 140 valence electrons. The summed E-state index contributed by atoms with van der Waals surface area (Å²) in [5.74, 6) is 0.348. The molecule has 0 saturated carbocycles. The maximum atomic E-state index is 12.3. The highest BCUT2D eigenvalue weighted by atomic mass is 32.2. The Kier molecular flexibility index (Phi) is 6.49. The number of hydrogen-bond donors (Lipinski definition) is 2. The topological polar surface area (TPSA) is 79.8 Å². The third-order valence-corrected chi connectivity index (χ3v) is 4.83. The Morgan fingerprint density at radius 2 is 1.93 bits per heavy atom. The molecule has 0 radical (unpaired) electrons. The average molecular weight is 383 g/mol. The molecule has 0 aliphatic carbocycles. The van der Waals surface area contributed by atoms with Gasteiger partial charge in [0.1, 0.15) is 11.0 Å². The third kappa shape index (κ3) is 5.59. The van der Waals surface area contributed by atoms with Gasteiger partial charge in [0.2, 0.25) is 11.8 Å². The van der Waals surface area contributed by atoms with Gasteiger partial charge < -0.3 is 15.4 Å². The number of amides is 2. The highest BCUT2D eigenvalue weighted by Gasteiger charge is 2.32. The summed E-state index contributed by atoms with van der Waals surface area (Å²) in [5.41, 5.74) is 1.43. The lowest BCUT2D eigenvalue weighted by Crippen LogP contribution is -2.28. The lowest BCUT2D eigenvalue weighted by Gasteiger charge is -2.09. The van der Waals surface area contributed by atoms with E-state index in [1.165, 1.54) is 11.8 Å². The van der Waals surface area contributed by atoms with Gasteiger partial charge in [0.15, 0.2) is 5.17 Å². The highest BCUT2D eigenvalue weighted by Crippen LogP contribution is 2.25. The minimum atomic E-state index is -0.486. The number of amidine groups is 1. The molecule has 27 heavy (non-hydrogen) atoms. The summed E-state index contributed by atoms with van der Waals surface area (Å²) in [6.07, 6.45) is 1.02. The van der Waals surface area contributed by atoms with Crippen LogP contribution in [-0.4, -0.2) is 28.8 Å². The van der Waals surface area contributed by atoms with Gasteiger partial charge in [-0.2, -0.15) is 0 Å². The molecule has 1 aliphatic heterocycles. The maximum Gasteiger partial charge on any atom is 0.240 e. The number of nitrogens with one attached hydrogen (secondary N) is 2. The number of benzene rings is 2. The fraction of sp³-hybridized carbons (Fsp3) is 0.250. The molecule has 7 heteroatoms. The number of thioether (sulfide) groups is 1. The summed E-state index contributed by atoms with van der Waals surface area (Å²) in [4.78, 5) is 28.7. The second-order valence-corrected chi connectivity index (χ2v) is 7.16. The van der Waals surface area contributed by atoms with Crippen molar-refractivity contribution in [2.24, 2.45) is 4.99 Å². The number of aliphatic imine (C=N–C) groups is 1. The van der Waals surface area contributed by atoms with E-state index in [-0.39, 0.29) is 18.2 Å². The first-order chi connectivity index (χ1) is 13.1. The van der Waals surface area contributed by atoms with Crippen molar-refractivity contribution in [3.05, 3.63) is 54.6 Å². The Morgan fingerprint density at radius 1 is 1.19 bits per heavy atom. The van der Waals surface area contributed by atoms with Gasteiger partial charge in [-0.1, -0.05) is 36.9 Å². The predicted molar refractivity (Wildman–Crippen MR) is 109 cm³/mol. The van der Waals surface area contributed by atoms with Crippen molar-refractivity contribution >= 4 is 40.1 Å². The number of carbonyl (C=O) groups excluding carboxylic acids is 2. The summed E-state index contributed by atoms with van der Waals surface area (Å²) in [6.45, 7) is 2.70. The minimum absolute atomic E-state index is 0.0817. The van der Waals surface area contributed by atoms with Crippen LogP contribution in [0.25, 0.3) is 0 Å². The van der Waals surface area contributed by atoms with Crippen LogP contribution in [0.15, 0.2) is 59.6 Å². The fourth-order valence-corrected chi connectivity index (χ4v) is 3.43. The van der Waals surface area contributed by atoms with E-state index in [2.05, 4.69) is 15.6 Å². The number of para-hydroxylation sites is 1. The first-order valence-corrected chi connectivity index (χ1v) is 9.66. The van der Waals surface area contributed by atoms with E-state index in [4.69, 9.17) is 4.74 Å². The van der Waals surface area contributed by atoms with Gasteiger partial charge in [-0.3, -0.25) is 9.59 Å². The van der Waals surface area contributed by atoms with Gasteiger partial charge in [0.05, 0.1) is 12.3 Å². The van der Waals surface area contributed by atoms with E-state index in [1.54, 1.807) is 12.1 Å². The quantitative estimate of drug-likeness (QED) is 0.764. The zero-order chi connectivity index (χ0) is 19.1. The van der Waals surface area contributed by atoms with Crippen LogP contribution in [0.2, 0.25) is 0 Å². The van der Waals surface area contributed by atoms with E-state index in [0.717, 1.165) is 17.9 Å². The van der Waals surface area contributed by atoms with Crippen LogP contribution in [0.5, 0.6) is 5.75 Å². The van der Waals surface area contributed by atoms with Gasteiger partial charge in [0.25, 0.3) is 0 Å². The standard InChI is InChI=1S/C20H21N3O3S/c1-2-12-26-16-10-8-15(9-11-16)21-18(24)13-17-19(25)23-20(27-17)22-14-6-4-3-5-7-14/h3-11,17H,2,12-13H2,1H3,(H,21,24)(H,22,23,25)/t17-/m1/s1. The van der Waals surface area contributed by atoms with Crippen molar-refractivity contribution < 1.29 is 14.3 Å². The zero-order valence-electron chi connectivity index (χ0n) is 15.0. The normalized spacial score (nSPS) is 17.6. The first-order valence-electron chi connectivity index (χ1n) is 8.78. The number of hydrogen-bond acceptors (Lipinski definition) is 5. The summed E-state index contributed by atoms with van der Waals surface area (Å²) in [6, 6.07) is 16.6. The molecule has 2 aromatic carbocycles. The molecule has 6 nitrogen and oxygen atoms in total. The predicted octanol–water partition coefficient (Wildman–Crippen LogP) is 3.72. The third-order valence-electron chi connectivity index (χ3n) is 3.75. The maximum absolute atomic E-state index is 12.3. The van der Waals surface area contributed by atoms with Gasteiger partial charge >= 0.3 is 0 Å². The molecule has 1 saturated heterocycles. The minimum Gasteiger partial charge on any atom is -0.494 e. The highest BCUT2D eigenvalue weighted by molar-refractivity contribution is 8.15. The molecule has 0 bridgehead atoms. The number of nitrogens with zero attached hydrogens (tertiary/aromatic N) is 1. The summed E-state index contributed by atoms with van der Waals surface area (Å²) >= 11 is 1.27. The molecule has 0 unspecified atom stereocenters. The smallest absolute Gasteiger partial charge is 0.240 e. The molecule has 3 rings (SSSR count). The molecular formula is C20H21N3O3S. The van der Waals surface area contributed by atoms with Crippen molar-refractivity contribution in [1.29, 1.82) is 0 Å². The molecule has 0 aromatic heterocycles. The number of ether oxygens (including phenoxy) is 1. The molecule has 2 amide bonds. The van der Waals surface area contributed by atoms with Gasteiger partial charge in [-0.05, 0) is 42.8 Å². The van der Waals surface area contributed by atoms with Crippen molar-refractivity contribution in [2.45, 2.75) is 25.0 Å². The Hall–Kier alpha value is -2.80. The molecule has 1 atom stereocenters. The van der Waals surface area contributed by atoms with Crippen molar-refractivity contribution in [2.75, 3.05) is 11.9 Å². The largest absolute Gasteiger partial charge is 0.494 e. The summed E-state index contributed by atoms with van der Waals surface area (Å²) in [5, 5.41) is 5.56. The van der Waals surface area contributed by atoms with Crippen molar-refractivity contribution in [3.63, 3.8) is 0 Å². The molecule has 2 N–H and O–H groups in total. The molecule has 0 spiro atoms. The van der Waals surface area contributed by atoms with E-state index >= 15 is 0 Å². The Morgan fingerprint density at radius 3 is 2.63 bits per heavy atom. The number of carbonyl (C=O) groups is 2. The van der Waals surface area contributed by atoms with Crippen molar-refractivity contribution in [3.8, 4) is 5.75 Å². The average Bonchev–Trinajstić information content (AvgIpc) is 3.00. The Balaban J connectivity index is 1.53. The monoisotopic (exact) mass is 383 g/mol. The first kappa shape index (κ1) is 19.0. The molecule has 1 fully saturated rings.